The Morgan fingerprint density at radius 2 is 2.17 bits per heavy atom. The number of carbonyl (C=O) groups excluding carboxylic acids is 1. The van der Waals surface area contributed by atoms with Gasteiger partial charge in [0.05, 0.1) is 13.0 Å². The van der Waals surface area contributed by atoms with Gasteiger partial charge in [-0.25, -0.2) is 0 Å². The lowest BCUT2D eigenvalue weighted by atomic mass is 9.72. The fourth-order valence-corrected chi connectivity index (χ4v) is 1.44. The molecule has 1 saturated carbocycles. The van der Waals surface area contributed by atoms with Crippen LogP contribution < -0.4 is 0 Å². The summed E-state index contributed by atoms with van der Waals surface area (Å²) in [6, 6.07) is 0. The van der Waals surface area contributed by atoms with E-state index in [4.69, 9.17) is 5.11 Å². The highest BCUT2D eigenvalue weighted by Crippen LogP contribution is 2.36. The number of ether oxygens (including phenoxy) is 1. The Balaban J connectivity index is 2.34. The average molecular weight is 172 g/mol. The standard InChI is InChI=1S/C8H12O4/c1-12-7(9)4-5-2-3-6(5)8(10)11/h5-6H,2-4H2,1H3,(H,10,11)/t5-,6+/m0/s1. The molecule has 0 heterocycles. The van der Waals surface area contributed by atoms with Crippen molar-refractivity contribution < 1.29 is 19.4 Å². The summed E-state index contributed by atoms with van der Waals surface area (Å²) in [7, 11) is 1.32. The molecule has 12 heavy (non-hydrogen) atoms. The number of methoxy groups -OCH3 is 1. The number of carbonyl (C=O) groups is 2. The summed E-state index contributed by atoms with van der Waals surface area (Å²) in [5.41, 5.74) is 0. The second kappa shape index (κ2) is 3.56. The molecule has 0 aromatic rings. The predicted octanol–water partition coefficient (Wildman–Crippen LogP) is 0.660. The van der Waals surface area contributed by atoms with E-state index in [-0.39, 0.29) is 24.2 Å². The second-order valence-corrected chi connectivity index (χ2v) is 3.06. The van der Waals surface area contributed by atoms with Gasteiger partial charge in [-0.2, -0.15) is 0 Å². The molecule has 0 unspecified atom stereocenters. The fourth-order valence-electron chi connectivity index (χ4n) is 1.44. The number of aliphatic carboxylic acids is 1. The largest absolute Gasteiger partial charge is 0.481 e. The van der Waals surface area contributed by atoms with Gasteiger partial charge in [0.25, 0.3) is 0 Å². The number of carboxylic acids is 1. The van der Waals surface area contributed by atoms with Crippen molar-refractivity contribution in [1.82, 2.24) is 0 Å². The maximum atomic E-state index is 10.8. The van der Waals surface area contributed by atoms with Crippen LogP contribution in [0.3, 0.4) is 0 Å². The van der Waals surface area contributed by atoms with Crippen molar-refractivity contribution in [3.63, 3.8) is 0 Å². The van der Waals surface area contributed by atoms with Crippen LogP contribution in [0, 0.1) is 11.8 Å². The second-order valence-electron chi connectivity index (χ2n) is 3.06. The molecule has 1 aliphatic carbocycles. The molecular formula is C8H12O4. The zero-order valence-corrected chi connectivity index (χ0v) is 6.95. The highest BCUT2D eigenvalue weighted by atomic mass is 16.5. The molecule has 68 valence electrons. The molecule has 2 atom stereocenters. The van der Waals surface area contributed by atoms with Gasteiger partial charge in [-0.1, -0.05) is 0 Å². The molecule has 1 fully saturated rings. The summed E-state index contributed by atoms with van der Waals surface area (Å²) in [4.78, 5) is 21.3. The molecule has 0 spiro atoms. The van der Waals surface area contributed by atoms with Crippen LogP contribution >= 0.6 is 0 Å². The Morgan fingerprint density at radius 3 is 2.50 bits per heavy atom. The summed E-state index contributed by atoms with van der Waals surface area (Å²) in [6.45, 7) is 0. The van der Waals surface area contributed by atoms with Crippen LogP contribution in [0.25, 0.3) is 0 Å². The molecule has 1 N–H and O–H groups in total. The van der Waals surface area contributed by atoms with Crippen LogP contribution in [0.4, 0.5) is 0 Å². The lowest BCUT2D eigenvalue weighted by molar-refractivity contribution is -0.151. The van der Waals surface area contributed by atoms with E-state index < -0.39 is 5.97 Å². The SMILES string of the molecule is COC(=O)C[C@@H]1CC[C@H]1C(=O)O. The van der Waals surface area contributed by atoms with E-state index >= 15 is 0 Å². The van der Waals surface area contributed by atoms with Crippen molar-refractivity contribution in [3.05, 3.63) is 0 Å². The molecular weight excluding hydrogens is 160 g/mol. The Kier molecular flexibility index (Phi) is 2.68. The van der Waals surface area contributed by atoms with Gasteiger partial charge in [-0.15, -0.1) is 0 Å². The van der Waals surface area contributed by atoms with Gasteiger partial charge in [0, 0.05) is 6.42 Å². The van der Waals surface area contributed by atoms with Crippen LogP contribution in [-0.2, 0) is 14.3 Å². The number of hydrogen-bond donors (Lipinski definition) is 1. The summed E-state index contributed by atoms with van der Waals surface area (Å²) in [5, 5.41) is 8.64. The molecule has 0 bridgehead atoms. The molecule has 4 heteroatoms. The Hall–Kier alpha value is -1.06. The summed E-state index contributed by atoms with van der Waals surface area (Å²) < 4.78 is 4.45. The van der Waals surface area contributed by atoms with Gasteiger partial charge in [0.1, 0.15) is 0 Å². The van der Waals surface area contributed by atoms with E-state index in [0.717, 1.165) is 6.42 Å². The Morgan fingerprint density at radius 1 is 1.50 bits per heavy atom. The summed E-state index contributed by atoms with van der Waals surface area (Å²) >= 11 is 0. The number of carboxylic acid groups (broad SMARTS) is 1. The monoisotopic (exact) mass is 172 g/mol. The first kappa shape index (κ1) is 9.03. The van der Waals surface area contributed by atoms with E-state index in [2.05, 4.69) is 4.74 Å². The first-order valence-electron chi connectivity index (χ1n) is 3.94. The third kappa shape index (κ3) is 1.75. The van der Waals surface area contributed by atoms with Crippen LogP contribution in [0.1, 0.15) is 19.3 Å². The summed E-state index contributed by atoms with van der Waals surface area (Å²) in [5.74, 6) is -1.44. The molecule has 0 aliphatic heterocycles. The molecule has 1 rings (SSSR count). The maximum Gasteiger partial charge on any atom is 0.306 e. The van der Waals surface area contributed by atoms with Crippen molar-refractivity contribution in [2.45, 2.75) is 19.3 Å². The molecule has 0 aromatic heterocycles. The highest BCUT2D eigenvalue weighted by molar-refractivity contribution is 5.74. The first-order valence-corrected chi connectivity index (χ1v) is 3.94. The van der Waals surface area contributed by atoms with Crippen LogP contribution in [0.15, 0.2) is 0 Å². The molecule has 0 radical (unpaired) electrons. The van der Waals surface area contributed by atoms with Crippen LogP contribution in [-0.4, -0.2) is 24.2 Å². The molecule has 0 amide bonds. The number of hydrogen-bond acceptors (Lipinski definition) is 3. The van der Waals surface area contributed by atoms with E-state index in [1.807, 2.05) is 0 Å². The van der Waals surface area contributed by atoms with Crippen molar-refractivity contribution in [1.29, 1.82) is 0 Å². The molecule has 0 saturated heterocycles. The van der Waals surface area contributed by atoms with E-state index in [9.17, 15) is 9.59 Å². The van der Waals surface area contributed by atoms with E-state index in [1.165, 1.54) is 7.11 Å². The first-order chi connectivity index (χ1) is 5.65. The van der Waals surface area contributed by atoms with Gasteiger partial charge in [-0.3, -0.25) is 9.59 Å². The molecule has 4 nitrogen and oxygen atoms in total. The van der Waals surface area contributed by atoms with Crippen LogP contribution in [0.5, 0.6) is 0 Å². The summed E-state index contributed by atoms with van der Waals surface area (Å²) in [6.07, 6.45) is 1.76. The normalized spacial score (nSPS) is 27.4. The zero-order valence-electron chi connectivity index (χ0n) is 6.95. The van der Waals surface area contributed by atoms with E-state index in [1.54, 1.807) is 0 Å². The average Bonchev–Trinajstić information content (AvgIpc) is 1.96. The number of rotatable bonds is 3. The third-order valence-electron chi connectivity index (χ3n) is 2.39. The predicted molar refractivity (Wildman–Crippen MR) is 40.5 cm³/mol. The van der Waals surface area contributed by atoms with Gasteiger partial charge in [0.15, 0.2) is 0 Å². The highest BCUT2D eigenvalue weighted by Gasteiger charge is 2.37. The molecule has 0 aromatic carbocycles. The number of esters is 1. The van der Waals surface area contributed by atoms with Gasteiger partial charge >= 0.3 is 11.9 Å². The van der Waals surface area contributed by atoms with Crippen LogP contribution in [0.2, 0.25) is 0 Å². The Labute approximate surface area is 70.5 Å². The smallest absolute Gasteiger partial charge is 0.306 e. The quantitative estimate of drug-likeness (QED) is 0.635. The van der Waals surface area contributed by atoms with Gasteiger partial charge in [-0.05, 0) is 18.8 Å². The van der Waals surface area contributed by atoms with Gasteiger partial charge in [0.2, 0.25) is 0 Å². The van der Waals surface area contributed by atoms with E-state index in [0.29, 0.717) is 6.42 Å². The third-order valence-corrected chi connectivity index (χ3v) is 2.39. The lowest BCUT2D eigenvalue weighted by Gasteiger charge is -2.32. The minimum Gasteiger partial charge on any atom is -0.481 e. The molecule has 1 aliphatic rings. The minimum absolute atomic E-state index is 0.00468. The zero-order chi connectivity index (χ0) is 9.14. The van der Waals surface area contributed by atoms with Crippen molar-refractivity contribution in [3.8, 4) is 0 Å². The Bertz CT molecular complexity index is 199. The maximum absolute atomic E-state index is 10.8. The van der Waals surface area contributed by atoms with Crippen molar-refractivity contribution in [2.24, 2.45) is 11.8 Å². The van der Waals surface area contributed by atoms with Gasteiger partial charge < -0.3 is 9.84 Å². The lowest BCUT2D eigenvalue weighted by Crippen LogP contribution is -2.34. The topological polar surface area (TPSA) is 63.6 Å². The van der Waals surface area contributed by atoms with Crippen molar-refractivity contribution >= 4 is 11.9 Å². The fraction of sp³-hybridized carbons (Fsp3) is 0.750. The minimum atomic E-state index is -0.796. The van der Waals surface area contributed by atoms with Crippen molar-refractivity contribution in [2.75, 3.05) is 7.11 Å².